The van der Waals surface area contributed by atoms with Gasteiger partial charge in [-0.1, -0.05) is 11.8 Å². The number of hydrogen-bond acceptors (Lipinski definition) is 4. The van der Waals surface area contributed by atoms with Crippen molar-refractivity contribution in [2.24, 2.45) is 17.8 Å². The zero-order chi connectivity index (χ0) is 11.5. The SMILES string of the molecule is CSc1nnc(C23CC4CC(CC(C4)C2)C3)o1. The van der Waals surface area contributed by atoms with E-state index < -0.39 is 0 Å². The Kier molecular flexibility index (Phi) is 2.14. The van der Waals surface area contributed by atoms with E-state index in [9.17, 15) is 0 Å². The summed E-state index contributed by atoms with van der Waals surface area (Å²) in [4.78, 5) is 0. The van der Waals surface area contributed by atoms with Crippen LogP contribution in [-0.2, 0) is 5.41 Å². The zero-order valence-electron chi connectivity index (χ0n) is 10.2. The minimum absolute atomic E-state index is 0.260. The molecule has 4 saturated carbocycles. The van der Waals surface area contributed by atoms with Crippen LogP contribution >= 0.6 is 11.8 Å². The Morgan fingerprint density at radius 3 is 2.12 bits per heavy atom. The van der Waals surface area contributed by atoms with E-state index in [0.29, 0.717) is 0 Å². The van der Waals surface area contributed by atoms with E-state index in [4.69, 9.17) is 4.42 Å². The molecule has 0 radical (unpaired) electrons. The summed E-state index contributed by atoms with van der Waals surface area (Å²) in [6, 6.07) is 0. The summed E-state index contributed by atoms with van der Waals surface area (Å²) in [5.74, 6) is 3.75. The maximum absolute atomic E-state index is 5.86. The predicted molar refractivity (Wildman–Crippen MR) is 65.9 cm³/mol. The van der Waals surface area contributed by atoms with Crippen LogP contribution in [0, 0.1) is 17.8 Å². The first kappa shape index (κ1) is 10.4. The second kappa shape index (κ2) is 3.50. The van der Waals surface area contributed by atoms with Crippen LogP contribution in [0.5, 0.6) is 0 Å². The molecule has 0 aliphatic heterocycles. The second-order valence-corrected chi connectivity index (χ2v) is 7.03. The normalized spacial score (nSPS) is 43.2. The third-order valence-electron chi connectivity index (χ3n) is 5.07. The molecule has 4 bridgehead atoms. The molecule has 0 aromatic carbocycles. The van der Waals surface area contributed by atoms with E-state index in [2.05, 4.69) is 10.2 Å². The Hall–Kier alpha value is -0.510. The maximum Gasteiger partial charge on any atom is 0.276 e. The van der Waals surface area contributed by atoms with Crippen LogP contribution in [0.2, 0.25) is 0 Å². The van der Waals surface area contributed by atoms with Crippen molar-refractivity contribution in [2.75, 3.05) is 6.26 Å². The first-order chi connectivity index (χ1) is 8.27. The fourth-order valence-electron chi connectivity index (χ4n) is 4.88. The third kappa shape index (κ3) is 1.49. The van der Waals surface area contributed by atoms with Crippen LogP contribution in [0.25, 0.3) is 0 Å². The first-order valence-corrected chi connectivity index (χ1v) is 7.88. The van der Waals surface area contributed by atoms with Gasteiger partial charge in [0.2, 0.25) is 5.89 Å². The molecule has 0 unspecified atom stereocenters. The number of hydrogen-bond donors (Lipinski definition) is 0. The molecule has 4 heteroatoms. The largest absolute Gasteiger partial charge is 0.415 e. The molecule has 0 saturated heterocycles. The van der Waals surface area contributed by atoms with E-state index in [1.165, 1.54) is 38.5 Å². The third-order valence-corrected chi connectivity index (χ3v) is 5.59. The first-order valence-electron chi connectivity index (χ1n) is 6.65. The van der Waals surface area contributed by atoms with Crippen molar-refractivity contribution < 1.29 is 4.42 Å². The van der Waals surface area contributed by atoms with E-state index in [0.717, 1.165) is 28.9 Å². The van der Waals surface area contributed by atoms with Crippen LogP contribution in [0.1, 0.15) is 44.4 Å². The Morgan fingerprint density at radius 1 is 1.06 bits per heavy atom. The highest BCUT2D eigenvalue weighted by Crippen LogP contribution is 2.60. The topological polar surface area (TPSA) is 38.9 Å². The van der Waals surface area contributed by atoms with Crippen LogP contribution in [0.3, 0.4) is 0 Å². The molecule has 0 amide bonds. The fraction of sp³-hybridized carbons (Fsp3) is 0.846. The van der Waals surface area contributed by atoms with Gasteiger partial charge in [-0.2, -0.15) is 0 Å². The minimum Gasteiger partial charge on any atom is -0.415 e. The lowest BCUT2D eigenvalue weighted by Gasteiger charge is -2.55. The van der Waals surface area contributed by atoms with Crippen molar-refractivity contribution in [2.45, 2.75) is 49.2 Å². The number of thioether (sulfide) groups is 1. The summed E-state index contributed by atoms with van der Waals surface area (Å²) in [7, 11) is 0. The highest BCUT2D eigenvalue weighted by Gasteiger charge is 2.54. The van der Waals surface area contributed by atoms with Gasteiger partial charge in [-0.05, 0) is 62.5 Å². The maximum atomic E-state index is 5.86. The molecule has 4 aliphatic rings. The fourth-order valence-corrected chi connectivity index (χ4v) is 5.16. The molecule has 92 valence electrons. The molecular formula is C13H18N2OS. The average molecular weight is 250 g/mol. The molecule has 1 heterocycles. The number of rotatable bonds is 2. The lowest BCUT2D eigenvalue weighted by molar-refractivity contribution is -0.0191. The van der Waals surface area contributed by atoms with Gasteiger partial charge in [0.15, 0.2) is 0 Å². The predicted octanol–water partition coefficient (Wildman–Crippen LogP) is 3.26. The lowest BCUT2D eigenvalue weighted by atomic mass is 9.49. The summed E-state index contributed by atoms with van der Waals surface area (Å²) < 4.78 is 5.86. The molecule has 0 atom stereocenters. The van der Waals surface area contributed by atoms with Crippen LogP contribution in [0.15, 0.2) is 9.64 Å². The molecule has 1 aromatic rings. The van der Waals surface area contributed by atoms with E-state index in [-0.39, 0.29) is 5.41 Å². The van der Waals surface area contributed by atoms with Crippen molar-refractivity contribution in [1.82, 2.24) is 10.2 Å². The Morgan fingerprint density at radius 2 is 1.65 bits per heavy atom. The summed E-state index contributed by atoms with van der Waals surface area (Å²) in [5, 5.41) is 9.21. The Bertz CT molecular complexity index is 407. The molecule has 0 N–H and O–H groups in total. The summed E-state index contributed by atoms with van der Waals surface area (Å²) in [5.41, 5.74) is 0.260. The van der Waals surface area contributed by atoms with E-state index in [1.807, 2.05) is 6.26 Å². The highest BCUT2D eigenvalue weighted by molar-refractivity contribution is 7.98. The van der Waals surface area contributed by atoms with Crippen molar-refractivity contribution in [3.05, 3.63) is 5.89 Å². The molecule has 17 heavy (non-hydrogen) atoms. The quantitative estimate of drug-likeness (QED) is 0.755. The average Bonchev–Trinajstić information content (AvgIpc) is 2.76. The number of nitrogens with zero attached hydrogens (tertiary/aromatic N) is 2. The second-order valence-electron chi connectivity index (χ2n) is 6.28. The zero-order valence-corrected chi connectivity index (χ0v) is 11.0. The van der Waals surface area contributed by atoms with Crippen molar-refractivity contribution in [3.8, 4) is 0 Å². The summed E-state index contributed by atoms with van der Waals surface area (Å²) in [6.07, 6.45) is 10.3. The van der Waals surface area contributed by atoms with E-state index in [1.54, 1.807) is 11.8 Å². The van der Waals surface area contributed by atoms with Crippen LogP contribution < -0.4 is 0 Å². The molecular weight excluding hydrogens is 232 g/mol. The number of aromatic nitrogens is 2. The minimum atomic E-state index is 0.260. The van der Waals surface area contributed by atoms with Gasteiger partial charge in [-0.15, -0.1) is 10.2 Å². The lowest BCUT2D eigenvalue weighted by Crippen LogP contribution is -2.48. The van der Waals surface area contributed by atoms with Gasteiger partial charge >= 0.3 is 0 Å². The van der Waals surface area contributed by atoms with Crippen molar-refractivity contribution in [3.63, 3.8) is 0 Å². The van der Waals surface area contributed by atoms with Crippen molar-refractivity contribution >= 4 is 11.8 Å². The van der Waals surface area contributed by atoms with Crippen LogP contribution in [-0.4, -0.2) is 16.5 Å². The molecule has 3 nitrogen and oxygen atoms in total. The van der Waals surface area contributed by atoms with Gasteiger partial charge in [-0.25, -0.2) is 0 Å². The van der Waals surface area contributed by atoms with Gasteiger partial charge in [0.25, 0.3) is 5.22 Å². The summed E-state index contributed by atoms with van der Waals surface area (Å²) >= 11 is 1.55. The standard InChI is InChI=1S/C13H18N2OS/c1-17-12-15-14-11(16-12)13-5-8-2-9(6-13)4-10(3-8)7-13/h8-10H,2-7H2,1H3. The monoisotopic (exact) mass is 250 g/mol. The molecule has 4 fully saturated rings. The van der Waals surface area contributed by atoms with E-state index >= 15 is 0 Å². The molecule has 1 aromatic heterocycles. The van der Waals surface area contributed by atoms with Gasteiger partial charge in [0, 0.05) is 5.41 Å². The van der Waals surface area contributed by atoms with Gasteiger partial charge in [-0.3, -0.25) is 0 Å². The smallest absolute Gasteiger partial charge is 0.276 e. The molecule has 5 rings (SSSR count). The molecule has 0 spiro atoms. The van der Waals surface area contributed by atoms with Crippen molar-refractivity contribution in [1.29, 1.82) is 0 Å². The Labute approximate surface area is 106 Å². The van der Waals surface area contributed by atoms with Gasteiger partial charge < -0.3 is 4.42 Å². The highest BCUT2D eigenvalue weighted by atomic mass is 32.2. The van der Waals surface area contributed by atoms with Gasteiger partial charge in [0.05, 0.1) is 0 Å². The van der Waals surface area contributed by atoms with Gasteiger partial charge in [0.1, 0.15) is 0 Å². The summed E-state index contributed by atoms with van der Waals surface area (Å²) in [6.45, 7) is 0. The molecule has 4 aliphatic carbocycles. The van der Waals surface area contributed by atoms with Crippen LogP contribution in [0.4, 0.5) is 0 Å². The Balaban J connectivity index is 1.72.